The Morgan fingerprint density at radius 1 is 1.56 bits per heavy atom. The van der Waals surface area contributed by atoms with Crippen LogP contribution in [-0.2, 0) is 6.42 Å². The second-order valence-corrected chi connectivity index (χ2v) is 4.33. The highest BCUT2D eigenvalue weighted by Gasteiger charge is 2.11. The van der Waals surface area contributed by atoms with Crippen molar-refractivity contribution in [2.24, 2.45) is 5.84 Å². The molecule has 1 atom stereocenters. The van der Waals surface area contributed by atoms with E-state index in [0.29, 0.717) is 17.0 Å². The van der Waals surface area contributed by atoms with Gasteiger partial charge in [-0.1, -0.05) is 29.3 Å². The van der Waals surface area contributed by atoms with Gasteiger partial charge in [-0.2, -0.15) is 0 Å². The van der Waals surface area contributed by atoms with E-state index in [0.717, 1.165) is 5.57 Å². The van der Waals surface area contributed by atoms with Crippen LogP contribution in [-0.4, -0.2) is 6.04 Å². The maximum Gasteiger partial charge on any atom is 0.127 e. The maximum absolute atomic E-state index is 13.5. The number of benzene rings is 1. The van der Waals surface area contributed by atoms with Crippen LogP contribution in [0.3, 0.4) is 0 Å². The van der Waals surface area contributed by atoms with Gasteiger partial charge >= 0.3 is 0 Å². The molecule has 0 aliphatic heterocycles. The molecule has 1 rings (SSSR count). The van der Waals surface area contributed by atoms with E-state index in [4.69, 9.17) is 17.4 Å². The molecule has 0 amide bonds. The second-order valence-electron chi connectivity index (χ2n) is 3.92. The molecule has 0 heterocycles. The molecule has 0 radical (unpaired) electrons. The molecule has 0 fully saturated rings. The minimum atomic E-state index is -0.296. The zero-order chi connectivity index (χ0) is 12.1. The minimum Gasteiger partial charge on any atom is -0.271 e. The quantitative estimate of drug-likeness (QED) is 0.484. The number of halogens is 2. The van der Waals surface area contributed by atoms with Crippen molar-refractivity contribution in [1.29, 1.82) is 0 Å². The van der Waals surface area contributed by atoms with E-state index in [1.54, 1.807) is 12.1 Å². The maximum atomic E-state index is 13.5. The van der Waals surface area contributed by atoms with Crippen molar-refractivity contribution in [3.05, 3.63) is 46.3 Å². The third-order valence-electron chi connectivity index (χ3n) is 2.23. The molecule has 0 saturated carbocycles. The molecule has 1 aromatic carbocycles. The number of hydrogen-bond acceptors (Lipinski definition) is 2. The molecule has 2 nitrogen and oxygen atoms in total. The highest BCUT2D eigenvalue weighted by Crippen LogP contribution is 2.20. The Hall–Kier alpha value is -0.900. The predicted octanol–water partition coefficient (Wildman–Crippen LogP) is 2.82. The van der Waals surface area contributed by atoms with Gasteiger partial charge in [0.05, 0.1) is 0 Å². The van der Waals surface area contributed by atoms with Crippen molar-refractivity contribution < 1.29 is 4.39 Å². The Bertz CT molecular complexity index is 366. The molecule has 1 unspecified atom stereocenters. The van der Waals surface area contributed by atoms with Crippen LogP contribution in [0, 0.1) is 5.82 Å². The van der Waals surface area contributed by atoms with Crippen LogP contribution in [0.15, 0.2) is 29.8 Å². The number of nitrogens with one attached hydrogen (secondary N) is 1. The van der Waals surface area contributed by atoms with Crippen molar-refractivity contribution in [2.75, 3.05) is 0 Å². The number of hydrazine groups is 1. The normalized spacial score (nSPS) is 12.3. The van der Waals surface area contributed by atoms with E-state index in [1.165, 1.54) is 6.07 Å². The zero-order valence-electron chi connectivity index (χ0n) is 9.43. The second kappa shape index (κ2) is 5.99. The Morgan fingerprint density at radius 2 is 2.25 bits per heavy atom. The fourth-order valence-corrected chi connectivity index (χ4v) is 1.76. The van der Waals surface area contributed by atoms with Gasteiger partial charge in [0.2, 0.25) is 0 Å². The van der Waals surface area contributed by atoms with Gasteiger partial charge in [0.1, 0.15) is 5.82 Å². The molecule has 0 aliphatic carbocycles. The van der Waals surface area contributed by atoms with Gasteiger partial charge in [0.25, 0.3) is 0 Å². The number of hydrogen-bond donors (Lipinski definition) is 2. The first-order chi connectivity index (χ1) is 7.54. The zero-order valence-corrected chi connectivity index (χ0v) is 10.2. The van der Waals surface area contributed by atoms with Crippen molar-refractivity contribution in [2.45, 2.75) is 26.3 Å². The molecule has 0 bridgehead atoms. The topological polar surface area (TPSA) is 38.0 Å². The van der Waals surface area contributed by atoms with Gasteiger partial charge in [-0.3, -0.25) is 11.3 Å². The summed E-state index contributed by atoms with van der Waals surface area (Å²) >= 11 is 5.94. The minimum absolute atomic E-state index is 0.112. The molecular weight excluding hydrogens is 227 g/mol. The Balaban J connectivity index is 2.90. The van der Waals surface area contributed by atoms with E-state index in [1.807, 2.05) is 19.9 Å². The molecule has 0 aromatic heterocycles. The van der Waals surface area contributed by atoms with Crippen LogP contribution < -0.4 is 11.3 Å². The Morgan fingerprint density at radius 3 is 2.75 bits per heavy atom. The summed E-state index contributed by atoms with van der Waals surface area (Å²) in [7, 11) is 0. The first-order valence-corrected chi connectivity index (χ1v) is 5.46. The van der Waals surface area contributed by atoms with Crippen LogP contribution >= 0.6 is 11.6 Å². The summed E-state index contributed by atoms with van der Waals surface area (Å²) in [6.07, 6.45) is 2.38. The Kier molecular flexibility index (Phi) is 4.93. The molecule has 16 heavy (non-hydrogen) atoms. The van der Waals surface area contributed by atoms with Crippen LogP contribution in [0.25, 0.3) is 0 Å². The van der Waals surface area contributed by atoms with Crippen LogP contribution in [0.2, 0.25) is 5.02 Å². The van der Waals surface area contributed by atoms with Gasteiger partial charge in [-0.05, 0) is 32.4 Å². The van der Waals surface area contributed by atoms with Crippen molar-refractivity contribution in [3.8, 4) is 0 Å². The predicted molar refractivity (Wildman–Crippen MR) is 65.7 cm³/mol. The summed E-state index contributed by atoms with van der Waals surface area (Å²) in [6.45, 7) is 3.93. The average Bonchev–Trinajstić information content (AvgIpc) is 2.21. The van der Waals surface area contributed by atoms with Gasteiger partial charge in [-0.25, -0.2) is 4.39 Å². The van der Waals surface area contributed by atoms with Crippen LogP contribution in [0.5, 0.6) is 0 Å². The van der Waals surface area contributed by atoms with Gasteiger partial charge in [0, 0.05) is 16.6 Å². The summed E-state index contributed by atoms with van der Waals surface area (Å²) in [6, 6.07) is 4.56. The van der Waals surface area contributed by atoms with Gasteiger partial charge < -0.3 is 0 Å². The molecule has 3 N–H and O–H groups in total. The summed E-state index contributed by atoms with van der Waals surface area (Å²) < 4.78 is 13.5. The number of allylic oxidation sites excluding steroid dienone is 1. The molecule has 4 heteroatoms. The van der Waals surface area contributed by atoms with Crippen molar-refractivity contribution in [3.63, 3.8) is 0 Å². The van der Waals surface area contributed by atoms with Crippen LogP contribution in [0.1, 0.15) is 19.4 Å². The van der Waals surface area contributed by atoms with Crippen molar-refractivity contribution >= 4 is 11.6 Å². The van der Waals surface area contributed by atoms with E-state index in [2.05, 4.69) is 5.43 Å². The monoisotopic (exact) mass is 242 g/mol. The number of rotatable bonds is 4. The standard InChI is InChI=1S/C12H16ClFN2/c1-8(2)6-9(16-15)7-10-11(13)4-3-5-12(10)14/h3-6,9,16H,7,15H2,1-2H3. The first kappa shape index (κ1) is 13.2. The Labute approximate surface area is 100 Å². The largest absolute Gasteiger partial charge is 0.271 e. The molecule has 0 aliphatic rings. The summed E-state index contributed by atoms with van der Waals surface area (Å²) in [5, 5.41) is 0.433. The highest BCUT2D eigenvalue weighted by molar-refractivity contribution is 6.31. The highest BCUT2D eigenvalue weighted by atomic mass is 35.5. The molecule has 88 valence electrons. The first-order valence-electron chi connectivity index (χ1n) is 5.08. The van der Waals surface area contributed by atoms with E-state index >= 15 is 0 Å². The number of nitrogens with two attached hydrogens (primary N) is 1. The third kappa shape index (κ3) is 3.59. The lowest BCUT2D eigenvalue weighted by atomic mass is 10.0. The molecular formula is C12H16ClFN2. The molecule has 1 aromatic rings. The van der Waals surface area contributed by atoms with Crippen LogP contribution in [0.4, 0.5) is 4.39 Å². The van der Waals surface area contributed by atoms with E-state index in [9.17, 15) is 4.39 Å². The average molecular weight is 243 g/mol. The third-order valence-corrected chi connectivity index (χ3v) is 2.59. The van der Waals surface area contributed by atoms with Gasteiger partial charge in [0.15, 0.2) is 0 Å². The molecule has 0 spiro atoms. The summed E-state index contributed by atoms with van der Waals surface area (Å²) in [5.74, 6) is 5.11. The van der Waals surface area contributed by atoms with Gasteiger partial charge in [-0.15, -0.1) is 0 Å². The molecule has 0 saturated heterocycles. The smallest absolute Gasteiger partial charge is 0.127 e. The summed E-state index contributed by atoms with van der Waals surface area (Å²) in [4.78, 5) is 0. The van der Waals surface area contributed by atoms with E-state index < -0.39 is 0 Å². The van der Waals surface area contributed by atoms with E-state index in [-0.39, 0.29) is 11.9 Å². The fraction of sp³-hybridized carbons (Fsp3) is 0.333. The lowest BCUT2D eigenvalue weighted by Crippen LogP contribution is -2.35. The van der Waals surface area contributed by atoms with Crippen molar-refractivity contribution in [1.82, 2.24) is 5.43 Å². The summed E-state index contributed by atoms with van der Waals surface area (Å²) in [5.41, 5.74) is 4.25. The lowest BCUT2D eigenvalue weighted by molar-refractivity contribution is 0.569. The lowest BCUT2D eigenvalue weighted by Gasteiger charge is -2.14. The SMILES string of the molecule is CC(C)=CC(Cc1c(F)cccc1Cl)NN. The fourth-order valence-electron chi connectivity index (χ4n) is 1.52.